The van der Waals surface area contributed by atoms with Gasteiger partial charge in [0.2, 0.25) is 11.8 Å². The lowest BCUT2D eigenvalue weighted by molar-refractivity contribution is -0.139. The number of nitrogens with one attached hydrogen (secondary N) is 1. The third kappa shape index (κ3) is 7.64. The number of carbonyl (C=O) groups is 2. The maximum atomic E-state index is 14.0. The molecule has 0 bridgehead atoms. The molecule has 2 amide bonds. The van der Waals surface area contributed by atoms with Crippen molar-refractivity contribution in [3.63, 3.8) is 0 Å². The number of carbonyl (C=O) groups excluding carboxylic acids is 2. The summed E-state index contributed by atoms with van der Waals surface area (Å²) in [4.78, 5) is 28.6. The highest BCUT2D eigenvalue weighted by atomic mass is 35.5. The smallest absolute Gasteiger partial charge is 0.264 e. The van der Waals surface area contributed by atoms with Gasteiger partial charge in [0.25, 0.3) is 10.0 Å². The summed E-state index contributed by atoms with van der Waals surface area (Å²) >= 11 is 6.01. The van der Waals surface area contributed by atoms with Crippen molar-refractivity contribution in [3.05, 3.63) is 94.0 Å². The van der Waals surface area contributed by atoms with Gasteiger partial charge in [-0.25, -0.2) is 8.42 Å². The van der Waals surface area contributed by atoms with Gasteiger partial charge in [0.15, 0.2) is 0 Å². The highest BCUT2D eigenvalue weighted by molar-refractivity contribution is 7.92. The van der Waals surface area contributed by atoms with Crippen LogP contribution >= 0.6 is 11.6 Å². The van der Waals surface area contributed by atoms with Crippen LogP contribution in [0.5, 0.6) is 0 Å². The second-order valence-electron chi connectivity index (χ2n) is 10.0. The molecule has 0 spiro atoms. The lowest BCUT2D eigenvalue weighted by Crippen LogP contribution is -2.51. The van der Waals surface area contributed by atoms with E-state index in [1.807, 2.05) is 58.0 Å². The van der Waals surface area contributed by atoms with E-state index in [1.165, 1.54) is 29.2 Å². The number of rotatable bonds is 12. The van der Waals surface area contributed by atoms with Crippen LogP contribution in [0.1, 0.15) is 48.9 Å². The number of amides is 2. The van der Waals surface area contributed by atoms with Crippen molar-refractivity contribution >= 4 is 39.1 Å². The quantitative estimate of drug-likeness (QED) is 0.273. The molecule has 40 heavy (non-hydrogen) atoms. The second kappa shape index (κ2) is 13.8. The molecule has 0 radical (unpaired) electrons. The predicted molar refractivity (Wildman–Crippen MR) is 161 cm³/mol. The Bertz CT molecular complexity index is 1440. The van der Waals surface area contributed by atoms with Crippen LogP contribution in [0.2, 0.25) is 5.02 Å². The molecule has 0 aromatic heterocycles. The van der Waals surface area contributed by atoms with Crippen molar-refractivity contribution < 1.29 is 18.0 Å². The van der Waals surface area contributed by atoms with Gasteiger partial charge < -0.3 is 10.2 Å². The largest absolute Gasteiger partial charge is 0.354 e. The molecule has 0 heterocycles. The average Bonchev–Trinajstić information content (AvgIpc) is 2.92. The molecule has 7 nitrogen and oxygen atoms in total. The molecular weight excluding hydrogens is 546 g/mol. The molecule has 3 aromatic rings. The molecule has 0 saturated carbocycles. The summed E-state index contributed by atoms with van der Waals surface area (Å²) in [5, 5.41) is 3.30. The maximum Gasteiger partial charge on any atom is 0.264 e. The summed E-state index contributed by atoms with van der Waals surface area (Å²) in [5.74, 6) is -0.772. The Labute approximate surface area is 243 Å². The van der Waals surface area contributed by atoms with Gasteiger partial charge in [-0.1, -0.05) is 55.3 Å². The fourth-order valence-corrected chi connectivity index (χ4v) is 5.76. The number of halogens is 1. The molecule has 0 aliphatic carbocycles. The molecule has 0 saturated heterocycles. The van der Waals surface area contributed by atoms with Crippen LogP contribution in [0.4, 0.5) is 5.69 Å². The molecule has 9 heteroatoms. The van der Waals surface area contributed by atoms with E-state index in [4.69, 9.17) is 11.6 Å². The van der Waals surface area contributed by atoms with Crippen molar-refractivity contribution in [3.8, 4) is 0 Å². The van der Waals surface area contributed by atoms with Gasteiger partial charge in [0.1, 0.15) is 12.6 Å². The first-order valence-electron chi connectivity index (χ1n) is 13.4. The lowest BCUT2D eigenvalue weighted by Gasteiger charge is -2.32. The molecule has 1 atom stereocenters. The first-order chi connectivity index (χ1) is 18.9. The van der Waals surface area contributed by atoms with Gasteiger partial charge in [-0.3, -0.25) is 13.9 Å². The highest BCUT2D eigenvalue weighted by Gasteiger charge is 2.32. The van der Waals surface area contributed by atoms with Crippen molar-refractivity contribution in [2.45, 2.75) is 64.9 Å². The van der Waals surface area contributed by atoms with Crippen molar-refractivity contribution in [1.82, 2.24) is 10.2 Å². The maximum absolute atomic E-state index is 14.0. The monoisotopic (exact) mass is 583 g/mol. The molecule has 0 aliphatic heterocycles. The first-order valence-corrected chi connectivity index (χ1v) is 15.2. The molecular formula is C31H38ClN3O4S. The highest BCUT2D eigenvalue weighted by Crippen LogP contribution is 2.27. The summed E-state index contributed by atoms with van der Waals surface area (Å²) < 4.78 is 29.0. The summed E-state index contributed by atoms with van der Waals surface area (Å²) in [5.41, 5.74) is 4.10. The van der Waals surface area contributed by atoms with Crippen LogP contribution < -0.4 is 9.62 Å². The number of aryl methyl sites for hydroxylation is 3. The van der Waals surface area contributed by atoms with Crippen LogP contribution in [-0.4, -0.2) is 44.3 Å². The predicted octanol–water partition coefficient (Wildman–Crippen LogP) is 5.79. The second-order valence-corrected chi connectivity index (χ2v) is 12.3. The molecule has 3 rings (SSSR count). The topological polar surface area (TPSA) is 86.8 Å². The van der Waals surface area contributed by atoms with Crippen LogP contribution in [-0.2, 0) is 26.2 Å². The van der Waals surface area contributed by atoms with Gasteiger partial charge in [-0.05, 0) is 92.8 Å². The zero-order valence-corrected chi connectivity index (χ0v) is 25.3. The number of hydrogen-bond donors (Lipinski definition) is 1. The van der Waals surface area contributed by atoms with E-state index >= 15 is 0 Å². The minimum Gasteiger partial charge on any atom is -0.354 e. The van der Waals surface area contributed by atoms with Gasteiger partial charge in [-0.2, -0.15) is 0 Å². The first kappa shape index (κ1) is 31.2. The SMILES string of the molecule is CCCCNC(=O)C(C)N(Cc1ccccc1C)C(=O)CN(c1ccc(C)c(C)c1)S(=O)(=O)c1ccc(Cl)cc1. The zero-order chi connectivity index (χ0) is 29.4. The number of benzene rings is 3. The van der Waals surface area contributed by atoms with Gasteiger partial charge in [0.05, 0.1) is 10.6 Å². The normalized spacial score (nSPS) is 12.1. The third-order valence-electron chi connectivity index (χ3n) is 7.06. The number of nitrogens with zero attached hydrogens (tertiary/aromatic N) is 2. The minimum atomic E-state index is -4.15. The summed E-state index contributed by atoms with van der Waals surface area (Å²) in [7, 11) is -4.15. The summed E-state index contributed by atoms with van der Waals surface area (Å²) in [6, 6.07) is 17.9. The van der Waals surface area contributed by atoms with E-state index in [0.29, 0.717) is 17.3 Å². The minimum absolute atomic E-state index is 0.0127. The Morgan fingerprint density at radius 3 is 2.23 bits per heavy atom. The molecule has 3 aromatic carbocycles. The summed E-state index contributed by atoms with van der Waals surface area (Å²) in [6.45, 7) is 9.66. The molecule has 1 unspecified atom stereocenters. The van der Waals surface area contributed by atoms with Gasteiger partial charge in [0, 0.05) is 18.1 Å². The van der Waals surface area contributed by atoms with Crippen LogP contribution in [0.3, 0.4) is 0 Å². The zero-order valence-electron chi connectivity index (χ0n) is 23.8. The Morgan fingerprint density at radius 1 is 0.925 bits per heavy atom. The van der Waals surface area contributed by atoms with Crippen molar-refractivity contribution in [2.24, 2.45) is 0 Å². The third-order valence-corrected chi connectivity index (χ3v) is 9.10. The van der Waals surface area contributed by atoms with Crippen LogP contribution in [0.15, 0.2) is 71.6 Å². The molecule has 0 fully saturated rings. The van der Waals surface area contributed by atoms with E-state index < -0.39 is 28.5 Å². The Hall–Kier alpha value is -3.36. The number of unbranched alkanes of at least 4 members (excludes halogenated alkanes) is 1. The number of sulfonamides is 1. The Morgan fingerprint density at radius 2 is 1.60 bits per heavy atom. The standard InChI is InChI=1S/C31H38ClN3O4S/c1-6-7-18-33-31(37)25(5)34(20-26-11-9-8-10-23(26)3)30(36)21-35(28-15-12-22(2)24(4)19-28)40(38,39)29-16-13-27(32)14-17-29/h8-17,19,25H,6-7,18,20-21H2,1-5H3,(H,33,37). The number of hydrogen-bond acceptors (Lipinski definition) is 4. The fraction of sp³-hybridized carbons (Fsp3) is 0.355. The Kier molecular flexibility index (Phi) is 10.8. The molecule has 0 aliphatic rings. The van der Waals surface area contributed by atoms with E-state index in [9.17, 15) is 18.0 Å². The van der Waals surface area contributed by atoms with E-state index in [0.717, 1.165) is 39.4 Å². The van der Waals surface area contributed by atoms with E-state index in [1.54, 1.807) is 19.1 Å². The van der Waals surface area contributed by atoms with Crippen LogP contribution in [0, 0.1) is 20.8 Å². The van der Waals surface area contributed by atoms with Gasteiger partial charge >= 0.3 is 0 Å². The van der Waals surface area contributed by atoms with E-state index in [-0.39, 0.29) is 17.3 Å². The van der Waals surface area contributed by atoms with Gasteiger partial charge in [-0.15, -0.1) is 0 Å². The van der Waals surface area contributed by atoms with E-state index in [2.05, 4.69) is 5.32 Å². The Balaban J connectivity index is 2.03. The van der Waals surface area contributed by atoms with Crippen molar-refractivity contribution in [1.29, 1.82) is 0 Å². The lowest BCUT2D eigenvalue weighted by atomic mass is 10.1. The van der Waals surface area contributed by atoms with Crippen LogP contribution in [0.25, 0.3) is 0 Å². The molecule has 1 N–H and O–H groups in total. The summed E-state index contributed by atoms with van der Waals surface area (Å²) in [6.07, 6.45) is 1.75. The average molecular weight is 584 g/mol. The fourth-order valence-electron chi connectivity index (χ4n) is 4.23. The van der Waals surface area contributed by atoms with Crippen molar-refractivity contribution in [2.75, 3.05) is 17.4 Å². The molecule has 214 valence electrons. The number of anilines is 1.